The Morgan fingerprint density at radius 1 is 1.45 bits per heavy atom. The SMILES string of the molecule is CC1(C)CC(Cc2ncc3c(n2)CN(C(=O)NC(CO)c2ccc(F)c(Cl)c2)CC3)CCO1. The number of hydrogen-bond acceptors (Lipinski definition) is 5. The molecule has 33 heavy (non-hydrogen) atoms. The number of urea groups is 1. The minimum Gasteiger partial charge on any atom is -0.394 e. The Labute approximate surface area is 198 Å². The van der Waals surface area contributed by atoms with Crippen molar-refractivity contribution in [1.82, 2.24) is 20.2 Å². The zero-order chi connectivity index (χ0) is 23.6. The molecular formula is C24H30ClFN4O3. The van der Waals surface area contributed by atoms with Crippen molar-refractivity contribution in [3.63, 3.8) is 0 Å². The number of nitrogens with zero attached hydrogens (tertiary/aromatic N) is 3. The molecule has 1 fully saturated rings. The van der Waals surface area contributed by atoms with E-state index in [1.807, 2.05) is 6.20 Å². The summed E-state index contributed by atoms with van der Waals surface area (Å²) in [6.45, 7) is 5.55. The third-order valence-corrected chi connectivity index (χ3v) is 6.67. The van der Waals surface area contributed by atoms with E-state index >= 15 is 0 Å². The Bertz CT molecular complexity index is 1020. The number of aliphatic hydroxyl groups is 1. The van der Waals surface area contributed by atoms with E-state index in [1.54, 1.807) is 4.90 Å². The summed E-state index contributed by atoms with van der Waals surface area (Å²) in [5, 5.41) is 12.5. The fraction of sp³-hybridized carbons (Fsp3) is 0.542. The van der Waals surface area contributed by atoms with Crippen LogP contribution in [0, 0.1) is 11.7 Å². The number of carbonyl (C=O) groups excluding carboxylic acids is 1. The minimum absolute atomic E-state index is 0.0516. The number of amides is 2. The smallest absolute Gasteiger partial charge is 0.318 e. The molecule has 2 aromatic rings. The normalized spacial score (nSPS) is 20.8. The van der Waals surface area contributed by atoms with Crippen molar-refractivity contribution in [2.45, 2.75) is 57.7 Å². The molecular weight excluding hydrogens is 447 g/mol. The van der Waals surface area contributed by atoms with Gasteiger partial charge in [-0.1, -0.05) is 17.7 Å². The maximum Gasteiger partial charge on any atom is 0.318 e. The second-order valence-corrected chi connectivity index (χ2v) is 9.87. The number of fused-ring (bicyclic) bond motifs is 1. The van der Waals surface area contributed by atoms with Crippen molar-refractivity contribution in [3.05, 3.63) is 57.9 Å². The second-order valence-electron chi connectivity index (χ2n) is 9.46. The van der Waals surface area contributed by atoms with Crippen LogP contribution in [0.15, 0.2) is 24.4 Å². The van der Waals surface area contributed by atoms with Crippen LogP contribution in [0.3, 0.4) is 0 Å². The zero-order valence-corrected chi connectivity index (χ0v) is 19.7. The molecule has 4 rings (SSSR count). The van der Waals surface area contributed by atoms with Crippen LogP contribution in [0.2, 0.25) is 5.02 Å². The van der Waals surface area contributed by atoms with Crippen molar-refractivity contribution in [2.24, 2.45) is 5.92 Å². The molecule has 1 aromatic carbocycles. The summed E-state index contributed by atoms with van der Waals surface area (Å²) >= 11 is 5.86. The Hall–Kier alpha value is -2.29. The molecule has 2 aliphatic rings. The number of benzene rings is 1. The van der Waals surface area contributed by atoms with Gasteiger partial charge in [0.05, 0.1) is 35.5 Å². The van der Waals surface area contributed by atoms with Crippen LogP contribution >= 0.6 is 11.6 Å². The monoisotopic (exact) mass is 476 g/mol. The van der Waals surface area contributed by atoms with Gasteiger partial charge >= 0.3 is 6.03 Å². The Morgan fingerprint density at radius 2 is 2.27 bits per heavy atom. The molecule has 178 valence electrons. The van der Waals surface area contributed by atoms with E-state index in [2.05, 4.69) is 24.1 Å². The van der Waals surface area contributed by atoms with Crippen molar-refractivity contribution in [1.29, 1.82) is 0 Å². The number of aliphatic hydroxyl groups excluding tert-OH is 1. The first-order chi connectivity index (χ1) is 15.7. The van der Waals surface area contributed by atoms with Crippen LogP contribution in [0.5, 0.6) is 0 Å². The van der Waals surface area contributed by atoms with Crippen molar-refractivity contribution >= 4 is 17.6 Å². The average Bonchev–Trinajstić information content (AvgIpc) is 2.78. The fourth-order valence-electron chi connectivity index (χ4n) is 4.61. The lowest BCUT2D eigenvalue weighted by Crippen LogP contribution is -2.45. The molecule has 1 saturated heterocycles. The molecule has 2 aliphatic heterocycles. The fourth-order valence-corrected chi connectivity index (χ4v) is 4.80. The molecule has 2 amide bonds. The quantitative estimate of drug-likeness (QED) is 0.685. The average molecular weight is 477 g/mol. The predicted molar refractivity (Wildman–Crippen MR) is 122 cm³/mol. The molecule has 0 bridgehead atoms. The summed E-state index contributed by atoms with van der Waals surface area (Å²) in [5.74, 6) is 0.728. The maximum atomic E-state index is 13.5. The first-order valence-corrected chi connectivity index (χ1v) is 11.7. The van der Waals surface area contributed by atoms with Gasteiger partial charge in [-0.2, -0.15) is 0 Å². The lowest BCUT2D eigenvalue weighted by molar-refractivity contribution is -0.0723. The molecule has 0 saturated carbocycles. The molecule has 2 atom stereocenters. The predicted octanol–water partition coefficient (Wildman–Crippen LogP) is 3.82. The number of rotatable bonds is 5. The van der Waals surface area contributed by atoms with Gasteiger partial charge in [0.15, 0.2) is 0 Å². The molecule has 3 heterocycles. The van der Waals surface area contributed by atoms with E-state index < -0.39 is 11.9 Å². The highest BCUT2D eigenvalue weighted by molar-refractivity contribution is 6.30. The summed E-state index contributed by atoms with van der Waals surface area (Å²) in [7, 11) is 0. The molecule has 0 spiro atoms. The zero-order valence-electron chi connectivity index (χ0n) is 19.0. The number of nitrogens with one attached hydrogen (secondary N) is 1. The van der Waals surface area contributed by atoms with Crippen LogP contribution in [-0.2, 0) is 24.1 Å². The Kier molecular flexibility index (Phi) is 7.16. The highest BCUT2D eigenvalue weighted by atomic mass is 35.5. The van der Waals surface area contributed by atoms with Crippen LogP contribution < -0.4 is 5.32 Å². The van der Waals surface area contributed by atoms with E-state index in [-0.39, 0.29) is 23.3 Å². The third-order valence-electron chi connectivity index (χ3n) is 6.38. The van der Waals surface area contributed by atoms with Gasteiger partial charge in [-0.25, -0.2) is 19.2 Å². The van der Waals surface area contributed by atoms with Gasteiger partial charge in [0.25, 0.3) is 0 Å². The summed E-state index contributed by atoms with van der Waals surface area (Å²) in [4.78, 5) is 23.9. The summed E-state index contributed by atoms with van der Waals surface area (Å²) in [6.07, 6.45) is 5.31. The topological polar surface area (TPSA) is 87.6 Å². The lowest BCUT2D eigenvalue weighted by Gasteiger charge is -2.35. The molecule has 2 N–H and O–H groups in total. The summed E-state index contributed by atoms with van der Waals surface area (Å²) < 4.78 is 19.3. The number of halogens is 2. The summed E-state index contributed by atoms with van der Waals surface area (Å²) in [6, 6.07) is 3.15. The number of ether oxygens (including phenoxy) is 1. The lowest BCUT2D eigenvalue weighted by atomic mass is 9.86. The van der Waals surface area contributed by atoms with Gasteiger partial charge in [0.1, 0.15) is 11.6 Å². The van der Waals surface area contributed by atoms with Crippen LogP contribution in [-0.4, -0.2) is 51.4 Å². The first-order valence-electron chi connectivity index (χ1n) is 11.3. The van der Waals surface area contributed by atoms with Gasteiger partial charge in [0, 0.05) is 25.8 Å². The molecule has 9 heteroatoms. The van der Waals surface area contributed by atoms with Crippen LogP contribution in [0.1, 0.15) is 55.4 Å². The van der Waals surface area contributed by atoms with E-state index in [1.165, 1.54) is 18.2 Å². The number of carbonyl (C=O) groups is 1. The van der Waals surface area contributed by atoms with Crippen LogP contribution in [0.25, 0.3) is 0 Å². The molecule has 0 aliphatic carbocycles. The van der Waals surface area contributed by atoms with E-state index in [0.717, 1.165) is 43.0 Å². The molecule has 7 nitrogen and oxygen atoms in total. The van der Waals surface area contributed by atoms with E-state index in [0.29, 0.717) is 31.0 Å². The van der Waals surface area contributed by atoms with Gasteiger partial charge in [-0.3, -0.25) is 0 Å². The Morgan fingerprint density at radius 3 is 3.00 bits per heavy atom. The highest BCUT2D eigenvalue weighted by Gasteiger charge is 2.30. The van der Waals surface area contributed by atoms with E-state index in [9.17, 15) is 14.3 Å². The maximum absolute atomic E-state index is 13.5. The molecule has 0 radical (unpaired) electrons. The van der Waals surface area contributed by atoms with Crippen molar-refractivity contribution in [3.8, 4) is 0 Å². The van der Waals surface area contributed by atoms with Gasteiger partial charge in [-0.15, -0.1) is 0 Å². The van der Waals surface area contributed by atoms with Gasteiger partial charge in [0.2, 0.25) is 0 Å². The second kappa shape index (κ2) is 9.91. The highest BCUT2D eigenvalue weighted by Crippen LogP contribution is 2.30. The molecule has 1 aromatic heterocycles. The van der Waals surface area contributed by atoms with Gasteiger partial charge in [-0.05, 0) is 62.3 Å². The van der Waals surface area contributed by atoms with E-state index in [4.69, 9.17) is 21.3 Å². The largest absolute Gasteiger partial charge is 0.394 e. The number of hydrogen-bond donors (Lipinski definition) is 2. The third kappa shape index (κ3) is 5.80. The summed E-state index contributed by atoms with van der Waals surface area (Å²) in [5.41, 5.74) is 2.33. The van der Waals surface area contributed by atoms with Crippen LogP contribution in [0.4, 0.5) is 9.18 Å². The van der Waals surface area contributed by atoms with Crippen molar-refractivity contribution in [2.75, 3.05) is 19.8 Å². The van der Waals surface area contributed by atoms with Crippen molar-refractivity contribution < 1.29 is 19.0 Å². The standard InChI is InChI=1S/C24H30ClFN4O3/c1-24(2)11-15(6-8-33-24)9-22-27-12-17-5-7-30(13-20(17)28-22)23(32)29-21(14-31)16-3-4-19(26)18(25)10-16/h3-4,10,12,15,21,31H,5-9,11,13-14H2,1-2H3,(H,29,32). The first kappa shape index (κ1) is 23.9. The van der Waals surface area contributed by atoms with Gasteiger partial charge < -0.3 is 20.1 Å². The number of aromatic nitrogens is 2. The minimum atomic E-state index is -0.685. The Balaban J connectivity index is 1.41. The molecule has 2 unspecified atom stereocenters.